The Morgan fingerprint density at radius 1 is 1.28 bits per heavy atom. The van der Waals surface area contributed by atoms with Gasteiger partial charge in [0.05, 0.1) is 12.1 Å². The van der Waals surface area contributed by atoms with Crippen molar-refractivity contribution in [2.45, 2.75) is 32.7 Å². The zero-order valence-corrected chi connectivity index (χ0v) is 14.7. The lowest BCUT2D eigenvalue weighted by Crippen LogP contribution is -2.47. The number of para-hydroxylation sites is 1. The number of aromatic nitrogens is 1. The number of benzene rings is 1. The number of likely N-dealkylation sites (tertiary alicyclic amines) is 1. The second kappa shape index (κ2) is 6.30. The van der Waals surface area contributed by atoms with Crippen LogP contribution in [0.4, 0.5) is 0 Å². The van der Waals surface area contributed by atoms with Crippen molar-refractivity contribution in [3.8, 4) is 0 Å². The number of hydrogen-bond donors (Lipinski definition) is 0. The Morgan fingerprint density at radius 3 is 2.92 bits per heavy atom. The first-order valence-corrected chi connectivity index (χ1v) is 9.03. The maximum Gasteiger partial charge on any atom is 0.242 e. The fourth-order valence-corrected chi connectivity index (χ4v) is 4.29. The van der Waals surface area contributed by atoms with Gasteiger partial charge in [0, 0.05) is 42.3 Å². The highest BCUT2D eigenvalue weighted by Crippen LogP contribution is 2.37. The Morgan fingerprint density at radius 2 is 2.12 bits per heavy atom. The normalized spacial score (nSPS) is 23.5. The zero-order valence-electron chi connectivity index (χ0n) is 14.7. The van der Waals surface area contributed by atoms with Crippen molar-refractivity contribution in [1.29, 1.82) is 0 Å². The second-order valence-corrected chi connectivity index (χ2v) is 7.47. The molecule has 2 aliphatic heterocycles. The van der Waals surface area contributed by atoms with Gasteiger partial charge >= 0.3 is 0 Å². The number of piperidine rings is 1. The van der Waals surface area contributed by atoms with E-state index in [1.807, 2.05) is 40.7 Å². The predicted octanol–water partition coefficient (Wildman–Crippen LogP) is 2.34. The van der Waals surface area contributed by atoms with E-state index in [9.17, 15) is 9.59 Å². The number of amides is 1. The lowest BCUT2D eigenvalue weighted by molar-refractivity contribution is -0.135. The van der Waals surface area contributed by atoms with Gasteiger partial charge in [0.15, 0.2) is 5.43 Å². The van der Waals surface area contributed by atoms with Crippen molar-refractivity contribution < 1.29 is 9.53 Å². The maximum atomic E-state index is 13.0. The summed E-state index contributed by atoms with van der Waals surface area (Å²) in [6.45, 7) is 5.37. The SMILES string of the molecule is Cc1cc(=O)c2ccccc2n1CC(=O)N1CCC[C@]2(CCOC2)C1. The van der Waals surface area contributed by atoms with Crippen LogP contribution in [0.25, 0.3) is 10.9 Å². The van der Waals surface area contributed by atoms with E-state index in [1.165, 1.54) is 0 Å². The largest absolute Gasteiger partial charge is 0.381 e. The molecule has 2 aliphatic rings. The third-order valence-electron chi connectivity index (χ3n) is 5.72. The van der Waals surface area contributed by atoms with Crippen molar-refractivity contribution in [2.75, 3.05) is 26.3 Å². The van der Waals surface area contributed by atoms with Crippen molar-refractivity contribution in [2.24, 2.45) is 5.41 Å². The number of fused-ring (bicyclic) bond motifs is 1. The quantitative estimate of drug-likeness (QED) is 0.843. The molecule has 1 aromatic heterocycles. The highest BCUT2D eigenvalue weighted by molar-refractivity contribution is 5.82. The molecule has 0 N–H and O–H groups in total. The molecule has 5 nitrogen and oxygen atoms in total. The summed E-state index contributed by atoms with van der Waals surface area (Å²) in [6, 6.07) is 9.13. The molecule has 0 bridgehead atoms. The second-order valence-electron chi connectivity index (χ2n) is 7.47. The Balaban J connectivity index is 1.61. The van der Waals surface area contributed by atoms with Crippen LogP contribution in [-0.2, 0) is 16.1 Å². The van der Waals surface area contributed by atoms with Crippen molar-refractivity contribution in [1.82, 2.24) is 9.47 Å². The third kappa shape index (κ3) is 2.97. The molecule has 0 saturated carbocycles. The summed E-state index contributed by atoms with van der Waals surface area (Å²) in [4.78, 5) is 27.2. The Labute approximate surface area is 147 Å². The number of rotatable bonds is 2. The lowest BCUT2D eigenvalue weighted by atomic mass is 9.79. The first kappa shape index (κ1) is 16.3. The molecular weight excluding hydrogens is 316 g/mol. The highest BCUT2D eigenvalue weighted by Gasteiger charge is 2.40. The van der Waals surface area contributed by atoms with Crippen LogP contribution in [0, 0.1) is 12.3 Å². The minimum absolute atomic E-state index is 0.0110. The van der Waals surface area contributed by atoms with E-state index in [0.29, 0.717) is 5.39 Å². The van der Waals surface area contributed by atoms with E-state index in [-0.39, 0.29) is 23.3 Å². The minimum atomic E-state index is 0.0110. The summed E-state index contributed by atoms with van der Waals surface area (Å²) in [5.41, 5.74) is 1.83. The zero-order chi connectivity index (χ0) is 17.4. The van der Waals surface area contributed by atoms with Crippen LogP contribution in [0.1, 0.15) is 25.0 Å². The van der Waals surface area contributed by atoms with E-state index in [1.54, 1.807) is 6.07 Å². The summed E-state index contributed by atoms with van der Waals surface area (Å²) in [5, 5.41) is 0.667. The molecule has 4 rings (SSSR count). The van der Waals surface area contributed by atoms with Gasteiger partial charge < -0.3 is 14.2 Å². The van der Waals surface area contributed by atoms with Gasteiger partial charge in [-0.25, -0.2) is 0 Å². The van der Waals surface area contributed by atoms with Crippen LogP contribution in [0.2, 0.25) is 0 Å². The number of pyridine rings is 1. The van der Waals surface area contributed by atoms with E-state index >= 15 is 0 Å². The molecule has 1 amide bonds. The number of carbonyl (C=O) groups excluding carboxylic acids is 1. The van der Waals surface area contributed by atoms with Gasteiger partial charge in [-0.1, -0.05) is 12.1 Å². The molecule has 1 aromatic carbocycles. The standard InChI is InChI=1S/C20H24N2O3/c1-15-11-18(23)16-5-2-3-6-17(16)22(15)12-19(24)21-9-4-7-20(13-21)8-10-25-14-20/h2-3,5-6,11H,4,7-10,12-14H2,1H3/t20-/m0/s1. The first-order valence-electron chi connectivity index (χ1n) is 9.03. The monoisotopic (exact) mass is 340 g/mol. The summed E-state index contributed by atoms with van der Waals surface area (Å²) in [7, 11) is 0. The molecule has 2 saturated heterocycles. The number of aryl methyl sites for hydroxylation is 1. The van der Waals surface area contributed by atoms with Gasteiger partial charge in [-0.3, -0.25) is 9.59 Å². The molecule has 0 radical (unpaired) electrons. The molecule has 1 atom stereocenters. The van der Waals surface area contributed by atoms with Gasteiger partial charge in [-0.05, 0) is 38.3 Å². The summed E-state index contributed by atoms with van der Waals surface area (Å²) in [5.74, 6) is 0.128. The predicted molar refractivity (Wildman–Crippen MR) is 96.6 cm³/mol. The van der Waals surface area contributed by atoms with Crippen molar-refractivity contribution in [3.05, 3.63) is 46.2 Å². The molecule has 25 heavy (non-hydrogen) atoms. The third-order valence-corrected chi connectivity index (χ3v) is 5.72. The van der Waals surface area contributed by atoms with Gasteiger partial charge in [0.2, 0.25) is 5.91 Å². The Kier molecular flexibility index (Phi) is 4.12. The molecule has 0 unspecified atom stereocenters. The smallest absolute Gasteiger partial charge is 0.242 e. The van der Waals surface area contributed by atoms with Crippen LogP contribution >= 0.6 is 0 Å². The molecule has 1 spiro atoms. The van der Waals surface area contributed by atoms with Crippen molar-refractivity contribution in [3.63, 3.8) is 0 Å². The summed E-state index contributed by atoms with van der Waals surface area (Å²) >= 11 is 0. The molecule has 132 valence electrons. The van der Waals surface area contributed by atoms with Crippen LogP contribution in [0.5, 0.6) is 0 Å². The van der Waals surface area contributed by atoms with E-state index < -0.39 is 0 Å². The molecule has 0 aliphatic carbocycles. The van der Waals surface area contributed by atoms with Crippen LogP contribution in [0.15, 0.2) is 35.1 Å². The molecule has 3 heterocycles. The number of ether oxygens (including phenoxy) is 1. The van der Waals surface area contributed by atoms with Crippen LogP contribution in [0.3, 0.4) is 0 Å². The van der Waals surface area contributed by atoms with Gasteiger partial charge in [-0.15, -0.1) is 0 Å². The molecule has 2 fully saturated rings. The highest BCUT2D eigenvalue weighted by atomic mass is 16.5. The summed E-state index contributed by atoms with van der Waals surface area (Å²) in [6.07, 6.45) is 3.24. The van der Waals surface area contributed by atoms with Gasteiger partial charge in [0.1, 0.15) is 6.54 Å². The number of hydrogen-bond acceptors (Lipinski definition) is 3. The van der Waals surface area contributed by atoms with Crippen molar-refractivity contribution >= 4 is 16.8 Å². The topological polar surface area (TPSA) is 51.5 Å². The fraction of sp³-hybridized carbons (Fsp3) is 0.500. The fourth-order valence-electron chi connectivity index (χ4n) is 4.29. The Bertz CT molecular complexity index is 865. The minimum Gasteiger partial charge on any atom is -0.381 e. The molecule has 5 heteroatoms. The van der Waals surface area contributed by atoms with Gasteiger partial charge in [-0.2, -0.15) is 0 Å². The molecule has 2 aromatic rings. The van der Waals surface area contributed by atoms with Crippen LogP contribution in [-0.4, -0.2) is 41.7 Å². The van der Waals surface area contributed by atoms with E-state index in [0.717, 1.165) is 56.8 Å². The van der Waals surface area contributed by atoms with E-state index in [2.05, 4.69) is 0 Å². The average Bonchev–Trinajstić information content (AvgIpc) is 3.06. The number of carbonyl (C=O) groups is 1. The van der Waals surface area contributed by atoms with E-state index in [4.69, 9.17) is 4.74 Å². The number of nitrogens with zero attached hydrogens (tertiary/aromatic N) is 2. The Hall–Kier alpha value is -2.14. The van der Waals surface area contributed by atoms with Gasteiger partial charge in [0.25, 0.3) is 0 Å². The lowest BCUT2D eigenvalue weighted by Gasteiger charge is -2.39. The average molecular weight is 340 g/mol. The molecular formula is C20H24N2O3. The summed E-state index contributed by atoms with van der Waals surface area (Å²) < 4.78 is 7.56. The van der Waals surface area contributed by atoms with Crippen LogP contribution < -0.4 is 5.43 Å². The maximum absolute atomic E-state index is 13.0. The first-order chi connectivity index (χ1) is 12.1.